The summed E-state index contributed by atoms with van der Waals surface area (Å²) in [7, 11) is 3.29. The SMILES string of the molecule is CN1CC(C(=O)NCc2ccc(Cl)cc2Cl)N(C)C1=O.O=C(O)[C@@H]1CNC(=O)N1C(=O)OCc1ccccc1. The molecule has 0 radical (unpaired) electrons. The summed E-state index contributed by atoms with van der Waals surface area (Å²) >= 11 is 11.9. The Labute approximate surface area is 234 Å². The number of carbonyl (C=O) groups is 5. The van der Waals surface area contributed by atoms with Gasteiger partial charge in [-0.15, -0.1) is 0 Å². The van der Waals surface area contributed by atoms with Crippen LogP contribution in [-0.4, -0.2) is 89.1 Å². The predicted molar refractivity (Wildman–Crippen MR) is 141 cm³/mol. The van der Waals surface area contributed by atoms with Gasteiger partial charge >= 0.3 is 24.1 Å². The van der Waals surface area contributed by atoms with E-state index in [2.05, 4.69) is 10.6 Å². The van der Waals surface area contributed by atoms with Crippen LogP contribution in [0.2, 0.25) is 10.0 Å². The molecule has 0 aromatic heterocycles. The fraction of sp³-hybridized carbons (Fsp3) is 0.320. The summed E-state index contributed by atoms with van der Waals surface area (Å²) in [5.41, 5.74) is 1.53. The van der Waals surface area contributed by atoms with Gasteiger partial charge in [-0.1, -0.05) is 59.6 Å². The molecule has 2 aliphatic heterocycles. The Kier molecular flexibility index (Phi) is 9.96. The number of hydrogen-bond donors (Lipinski definition) is 3. The summed E-state index contributed by atoms with van der Waals surface area (Å²) in [5, 5.41) is 15.0. The van der Waals surface area contributed by atoms with E-state index in [4.69, 9.17) is 33.0 Å². The number of urea groups is 2. The molecular formula is C25H27Cl2N5O7. The lowest BCUT2D eigenvalue weighted by molar-refractivity contribution is -0.140. The van der Waals surface area contributed by atoms with Crippen molar-refractivity contribution >= 4 is 53.2 Å². The quantitative estimate of drug-likeness (QED) is 0.476. The third-order valence-electron chi connectivity index (χ3n) is 5.98. The predicted octanol–water partition coefficient (Wildman–Crippen LogP) is 2.78. The molecule has 39 heavy (non-hydrogen) atoms. The largest absolute Gasteiger partial charge is 0.480 e. The number of likely N-dealkylation sites (N-methyl/N-ethyl adjacent to an activating group) is 2. The van der Waals surface area contributed by atoms with Crippen LogP contribution in [0.4, 0.5) is 14.4 Å². The molecule has 6 amide bonds. The lowest BCUT2D eigenvalue weighted by Crippen LogP contribution is -2.44. The highest BCUT2D eigenvalue weighted by molar-refractivity contribution is 6.35. The smallest absolute Gasteiger partial charge is 0.419 e. The number of carboxylic acid groups (broad SMARTS) is 1. The normalized spacial score (nSPS) is 18.3. The number of nitrogens with zero attached hydrogens (tertiary/aromatic N) is 3. The lowest BCUT2D eigenvalue weighted by Gasteiger charge is -2.17. The molecule has 0 bridgehead atoms. The monoisotopic (exact) mass is 579 g/mol. The van der Waals surface area contributed by atoms with Gasteiger partial charge in [-0.25, -0.2) is 24.1 Å². The molecule has 12 nitrogen and oxygen atoms in total. The topological polar surface area (TPSA) is 149 Å². The van der Waals surface area contributed by atoms with Crippen molar-refractivity contribution in [1.82, 2.24) is 25.3 Å². The second kappa shape index (κ2) is 13.2. The average Bonchev–Trinajstić information content (AvgIpc) is 3.42. The van der Waals surface area contributed by atoms with Gasteiger partial charge in [0.2, 0.25) is 5.91 Å². The molecule has 208 valence electrons. The molecular weight excluding hydrogens is 553 g/mol. The van der Waals surface area contributed by atoms with E-state index in [-0.39, 0.29) is 25.1 Å². The minimum Gasteiger partial charge on any atom is -0.480 e. The summed E-state index contributed by atoms with van der Waals surface area (Å²) < 4.78 is 4.93. The molecule has 2 aromatic carbocycles. The highest BCUT2D eigenvalue weighted by atomic mass is 35.5. The van der Waals surface area contributed by atoms with Crippen LogP contribution in [0.15, 0.2) is 48.5 Å². The maximum Gasteiger partial charge on any atom is 0.419 e. The van der Waals surface area contributed by atoms with E-state index in [1.54, 1.807) is 56.6 Å². The minimum absolute atomic E-state index is 0.0181. The van der Waals surface area contributed by atoms with Crippen molar-refractivity contribution in [3.8, 4) is 0 Å². The molecule has 2 heterocycles. The number of amides is 6. The van der Waals surface area contributed by atoms with Crippen LogP contribution < -0.4 is 10.6 Å². The third kappa shape index (κ3) is 7.52. The Morgan fingerprint density at radius 3 is 2.36 bits per heavy atom. The van der Waals surface area contributed by atoms with Gasteiger partial charge in [-0.2, -0.15) is 0 Å². The Bertz CT molecular complexity index is 1250. The maximum atomic E-state index is 12.1. The zero-order valence-corrected chi connectivity index (χ0v) is 22.6. The van der Waals surface area contributed by atoms with Crippen LogP contribution in [0.25, 0.3) is 0 Å². The number of benzene rings is 2. The van der Waals surface area contributed by atoms with Gasteiger partial charge in [0.15, 0.2) is 6.04 Å². The first-order valence-electron chi connectivity index (χ1n) is 11.7. The van der Waals surface area contributed by atoms with Gasteiger partial charge in [-0.3, -0.25) is 4.79 Å². The van der Waals surface area contributed by atoms with Crippen molar-refractivity contribution < 1.29 is 33.8 Å². The van der Waals surface area contributed by atoms with Crippen molar-refractivity contribution in [2.24, 2.45) is 0 Å². The maximum absolute atomic E-state index is 12.1. The number of carbonyl (C=O) groups excluding carboxylic acids is 4. The van der Waals surface area contributed by atoms with Gasteiger partial charge < -0.3 is 30.3 Å². The Hall–Kier alpha value is -4.03. The lowest BCUT2D eigenvalue weighted by atomic mass is 10.2. The van der Waals surface area contributed by atoms with Gasteiger partial charge in [0.1, 0.15) is 12.6 Å². The minimum atomic E-state index is -1.25. The van der Waals surface area contributed by atoms with E-state index >= 15 is 0 Å². The van der Waals surface area contributed by atoms with Crippen LogP contribution >= 0.6 is 23.2 Å². The van der Waals surface area contributed by atoms with E-state index in [0.29, 0.717) is 28.0 Å². The molecule has 0 spiro atoms. The van der Waals surface area contributed by atoms with Crippen molar-refractivity contribution in [1.29, 1.82) is 0 Å². The van der Waals surface area contributed by atoms with Crippen molar-refractivity contribution in [2.45, 2.75) is 25.2 Å². The van der Waals surface area contributed by atoms with E-state index in [1.165, 1.54) is 9.80 Å². The molecule has 2 saturated heterocycles. The number of carboxylic acids is 1. The Morgan fingerprint density at radius 2 is 1.77 bits per heavy atom. The zero-order valence-electron chi connectivity index (χ0n) is 21.1. The summed E-state index contributed by atoms with van der Waals surface area (Å²) in [4.78, 5) is 61.2. The van der Waals surface area contributed by atoms with E-state index < -0.39 is 30.2 Å². The molecule has 2 aromatic rings. The Morgan fingerprint density at radius 1 is 1.08 bits per heavy atom. The van der Waals surface area contributed by atoms with Gasteiger partial charge in [0.25, 0.3) is 0 Å². The average molecular weight is 580 g/mol. The number of rotatable bonds is 6. The summed E-state index contributed by atoms with van der Waals surface area (Å²) in [6.07, 6.45) is -0.966. The standard InChI is InChI=1S/C13H15Cl2N3O2.C12H12N2O5/c1-17-7-11(18(2)13(17)20)12(19)16-6-8-3-4-9(14)5-10(8)15;15-10(16)9-6-13-11(17)14(9)12(18)19-7-8-4-2-1-3-5-8/h3-5,11H,6-7H2,1-2H3,(H,16,19);1-5,9H,6-7H2,(H,13,17)(H,15,16)/t;9-/m.0/s1. The van der Waals surface area contributed by atoms with E-state index in [0.717, 1.165) is 11.1 Å². The van der Waals surface area contributed by atoms with Crippen LogP contribution in [0.1, 0.15) is 11.1 Å². The molecule has 3 N–H and O–H groups in total. The molecule has 2 aliphatic rings. The number of aliphatic carboxylic acids is 1. The van der Waals surface area contributed by atoms with Crippen molar-refractivity contribution in [3.05, 3.63) is 69.7 Å². The number of nitrogens with one attached hydrogen (secondary N) is 2. The summed E-state index contributed by atoms with van der Waals surface area (Å²) in [5.74, 6) is -1.45. The first-order valence-corrected chi connectivity index (χ1v) is 12.4. The molecule has 1 unspecified atom stereocenters. The van der Waals surface area contributed by atoms with Crippen molar-refractivity contribution in [3.63, 3.8) is 0 Å². The van der Waals surface area contributed by atoms with Crippen LogP contribution in [0.5, 0.6) is 0 Å². The first-order chi connectivity index (χ1) is 18.5. The molecule has 4 rings (SSSR count). The second-order valence-corrected chi connectivity index (χ2v) is 9.54. The molecule has 0 aliphatic carbocycles. The van der Waals surface area contributed by atoms with Crippen LogP contribution in [0, 0.1) is 0 Å². The highest BCUT2D eigenvalue weighted by Gasteiger charge is 2.41. The van der Waals surface area contributed by atoms with Crippen LogP contribution in [0.3, 0.4) is 0 Å². The fourth-order valence-corrected chi connectivity index (χ4v) is 4.26. The van der Waals surface area contributed by atoms with Gasteiger partial charge in [0, 0.05) is 30.7 Å². The van der Waals surface area contributed by atoms with E-state index in [1.807, 2.05) is 6.07 Å². The van der Waals surface area contributed by atoms with Crippen molar-refractivity contribution in [2.75, 3.05) is 27.2 Å². The summed E-state index contributed by atoms with van der Waals surface area (Å²) in [6, 6.07) is 11.4. The number of halogens is 2. The second-order valence-electron chi connectivity index (χ2n) is 8.69. The summed E-state index contributed by atoms with van der Waals surface area (Å²) in [6.45, 7) is 0.553. The highest BCUT2D eigenvalue weighted by Crippen LogP contribution is 2.21. The van der Waals surface area contributed by atoms with Crippen LogP contribution in [-0.2, 0) is 27.5 Å². The third-order valence-corrected chi connectivity index (χ3v) is 6.56. The fourth-order valence-electron chi connectivity index (χ4n) is 3.79. The number of ether oxygens (including phenoxy) is 1. The molecule has 2 fully saturated rings. The van der Waals surface area contributed by atoms with Gasteiger partial charge in [-0.05, 0) is 23.3 Å². The van der Waals surface area contributed by atoms with E-state index in [9.17, 15) is 24.0 Å². The zero-order chi connectivity index (χ0) is 28.7. The van der Waals surface area contributed by atoms with Gasteiger partial charge in [0.05, 0.1) is 13.1 Å². The molecule has 14 heteroatoms. The molecule has 2 atom stereocenters. The number of imide groups is 1. The molecule has 0 saturated carbocycles. The number of hydrogen-bond acceptors (Lipinski definition) is 6. The first kappa shape index (κ1) is 29.5. The Balaban J connectivity index is 0.000000216.